The average molecular weight is 293 g/mol. The van der Waals surface area contributed by atoms with Crippen molar-refractivity contribution in [3.05, 3.63) is 29.3 Å². The van der Waals surface area contributed by atoms with E-state index in [1.165, 1.54) is 17.5 Å². The molecule has 0 aliphatic heterocycles. The van der Waals surface area contributed by atoms with Gasteiger partial charge in [-0.1, -0.05) is 6.07 Å². The molecule has 0 spiro atoms. The summed E-state index contributed by atoms with van der Waals surface area (Å²) in [5.74, 6) is -3.04. The monoisotopic (exact) mass is 293 g/mol. The highest BCUT2D eigenvalue weighted by Gasteiger charge is 2.43. The Kier molecular flexibility index (Phi) is 3.83. The van der Waals surface area contributed by atoms with Gasteiger partial charge in [-0.3, -0.25) is 4.99 Å². The molecule has 0 bridgehead atoms. The minimum atomic E-state index is -2.59. The van der Waals surface area contributed by atoms with Crippen molar-refractivity contribution in [2.24, 2.45) is 16.6 Å². The molecule has 3 N–H and O–H groups in total. The standard InChI is InChI=1S/C16H21F2N3/c17-16(18)8-2-5-13(16)10-20-15(19)21-14-7-6-11-3-1-4-12(11)9-14/h6-7,9,13H,1-5,8,10H2,(H3,19,20,21). The number of hydrogen-bond acceptors (Lipinski definition) is 1. The lowest BCUT2D eigenvalue weighted by atomic mass is 10.1. The van der Waals surface area contributed by atoms with E-state index >= 15 is 0 Å². The van der Waals surface area contributed by atoms with Crippen LogP contribution in [0, 0.1) is 5.92 Å². The van der Waals surface area contributed by atoms with Gasteiger partial charge in [-0.25, -0.2) is 8.78 Å². The Bertz CT molecular complexity index is 554. The molecule has 1 aromatic rings. The lowest BCUT2D eigenvalue weighted by Crippen LogP contribution is -2.28. The number of aryl methyl sites for hydroxylation is 2. The predicted molar refractivity (Wildman–Crippen MR) is 80.9 cm³/mol. The molecule has 0 aromatic heterocycles. The minimum Gasteiger partial charge on any atom is -0.370 e. The van der Waals surface area contributed by atoms with Crippen LogP contribution in [0.15, 0.2) is 23.2 Å². The molecule has 114 valence electrons. The molecule has 0 radical (unpaired) electrons. The highest BCUT2D eigenvalue weighted by molar-refractivity contribution is 5.92. The third-order valence-electron chi connectivity index (χ3n) is 4.51. The van der Waals surface area contributed by atoms with Gasteiger partial charge in [0, 0.05) is 18.0 Å². The van der Waals surface area contributed by atoms with Crippen LogP contribution >= 0.6 is 0 Å². The quantitative estimate of drug-likeness (QED) is 0.663. The molecule has 3 rings (SSSR count). The smallest absolute Gasteiger partial charge is 0.252 e. The maximum absolute atomic E-state index is 13.5. The molecular weight excluding hydrogens is 272 g/mol. The summed E-state index contributed by atoms with van der Waals surface area (Å²) in [5, 5.41) is 3.01. The summed E-state index contributed by atoms with van der Waals surface area (Å²) in [6.45, 7) is 0.0940. The Morgan fingerprint density at radius 2 is 2.10 bits per heavy atom. The number of rotatable bonds is 3. The van der Waals surface area contributed by atoms with Crippen LogP contribution in [0.1, 0.15) is 36.8 Å². The molecule has 21 heavy (non-hydrogen) atoms. The number of hydrogen-bond donors (Lipinski definition) is 2. The first-order valence-electron chi connectivity index (χ1n) is 7.61. The number of fused-ring (bicyclic) bond motifs is 1. The zero-order valence-electron chi connectivity index (χ0n) is 12.0. The second-order valence-electron chi connectivity index (χ2n) is 6.04. The van der Waals surface area contributed by atoms with Crippen molar-refractivity contribution in [1.29, 1.82) is 0 Å². The van der Waals surface area contributed by atoms with Gasteiger partial charge >= 0.3 is 0 Å². The summed E-state index contributed by atoms with van der Waals surface area (Å²) >= 11 is 0. The lowest BCUT2D eigenvalue weighted by Gasteiger charge is -2.17. The lowest BCUT2D eigenvalue weighted by molar-refractivity contribution is -0.0329. The Hall–Kier alpha value is -1.65. The zero-order valence-corrected chi connectivity index (χ0v) is 12.0. The second-order valence-corrected chi connectivity index (χ2v) is 6.04. The van der Waals surface area contributed by atoms with E-state index in [-0.39, 0.29) is 18.9 Å². The van der Waals surface area contributed by atoms with Gasteiger partial charge in [0.15, 0.2) is 5.96 Å². The normalized spacial score (nSPS) is 24.1. The first-order chi connectivity index (χ1) is 10.0. The van der Waals surface area contributed by atoms with E-state index in [0.29, 0.717) is 12.8 Å². The van der Waals surface area contributed by atoms with E-state index in [4.69, 9.17) is 5.73 Å². The van der Waals surface area contributed by atoms with Crippen LogP contribution in [-0.2, 0) is 12.8 Å². The number of alkyl halides is 2. The SMILES string of the molecule is NC(=NCC1CCCC1(F)F)Nc1ccc2c(c1)CCC2. The van der Waals surface area contributed by atoms with Gasteiger partial charge in [-0.15, -0.1) is 0 Å². The van der Waals surface area contributed by atoms with Gasteiger partial charge < -0.3 is 11.1 Å². The third-order valence-corrected chi connectivity index (χ3v) is 4.51. The molecule has 1 aromatic carbocycles. The maximum Gasteiger partial charge on any atom is 0.252 e. The summed E-state index contributed by atoms with van der Waals surface area (Å²) in [6, 6.07) is 6.15. The van der Waals surface area contributed by atoms with Crippen LogP contribution in [0.3, 0.4) is 0 Å². The fourth-order valence-electron chi connectivity index (χ4n) is 3.27. The fourth-order valence-corrected chi connectivity index (χ4v) is 3.27. The Morgan fingerprint density at radius 1 is 1.29 bits per heavy atom. The number of anilines is 1. The van der Waals surface area contributed by atoms with Crippen LogP contribution in [-0.4, -0.2) is 18.4 Å². The van der Waals surface area contributed by atoms with Crippen molar-refractivity contribution in [2.75, 3.05) is 11.9 Å². The molecular formula is C16H21F2N3. The Balaban J connectivity index is 1.61. The van der Waals surface area contributed by atoms with Gasteiger partial charge in [0.05, 0.1) is 6.54 Å². The first-order valence-corrected chi connectivity index (χ1v) is 7.61. The van der Waals surface area contributed by atoms with Gasteiger partial charge in [0.1, 0.15) is 0 Å². The maximum atomic E-state index is 13.5. The number of halogens is 2. The molecule has 5 heteroatoms. The van der Waals surface area contributed by atoms with Crippen molar-refractivity contribution in [3.63, 3.8) is 0 Å². The number of benzene rings is 1. The van der Waals surface area contributed by atoms with Crippen molar-refractivity contribution in [2.45, 2.75) is 44.4 Å². The van der Waals surface area contributed by atoms with Crippen LogP contribution in [0.4, 0.5) is 14.5 Å². The molecule has 0 amide bonds. The van der Waals surface area contributed by atoms with Crippen molar-refractivity contribution in [3.8, 4) is 0 Å². The summed E-state index contributed by atoms with van der Waals surface area (Å²) in [6.07, 6.45) is 4.50. The van der Waals surface area contributed by atoms with E-state index in [9.17, 15) is 8.78 Å². The van der Waals surface area contributed by atoms with Gasteiger partial charge in [-0.2, -0.15) is 0 Å². The van der Waals surface area contributed by atoms with E-state index in [2.05, 4.69) is 22.4 Å². The number of aliphatic imine (C=N–C) groups is 1. The molecule has 0 heterocycles. The predicted octanol–water partition coefficient (Wildman–Crippen LogP) is 3.34. The zero-order chi connectivity index (χ0) is 14.9. The Labute approximate surface area is 123 Å². The Morgan fingerprint density at radius 3 is 2.86 bits per heavy atom. The number of nitrogens with zero attached hydrogens (tertiary/aromatic N) is 1. The topological polar surface area (TPSA) is 50.4 Å². The van der Waals surface area contributed by atoms with Crippen LogP contribution < -0.4 is 11.1 Å². The summed E-state index contributed by atoms with van der Waals surface area (Å²) in [7, 11) is 0. The summed E-state index contributed by atoms with van der Waals surface area (Å²) in [4.78, 5) is 4.09. The van der Waals surface area contributed by atoms with Gasteiger partial charge in [-0.05, 0) is 55.4 Å². The molecule has 2 aliphatic carbocycles. The van der Waals surface area contributed by atoms with E-state index in [1.807, 2.05) is 6.07 Å². The fraction of sp³-hybridized carbons (Fsp3) is 0.562. The molecule has 2 aliphatic rings. The van der Waals surface area contributed by atoms with Crippen molar-refractivity contribution < 1.29 is 8.78 Å². The number of guanidine groups is 1. The largest absolute Gasteiger partial charge is 0.370 e. The molecule has 1 atom stereocenters. The van der Waals surface area contributed by atoms with Crippen LogP contribution in [0.2, 0.25) is 0 Å². The van der Waals surface area contributed by atoms with Crippen molar-refractivity contribution in [1.82, 2.24) is 0 Å². The van der Waals surface area contributed by atoms with Crippen LogP contribution in [0.25, 0.3) is 0 Å². The van der Waals surface area contributed by atoms with Gasteiger partial charge in [0.25, 0.3) is 5.92 Å². The number of nitrogens with two attached hydrogens (primary N) is 1. The van der Waals surface area contributed by atoms with Crippen molar-refractivity contribution >= 4 is 11.6 Å². The second kappa shape index (κ2) is 5.62. The summed E-state index contributed by atoms with van der Waals surface area (Å²) in [5.41, 5.74) is 9.43. The highest BCUT2D eigenvalue weighted by Crippen LogP contribution is 2.40. The first kappa shape index (κ1) is 14.3. The molecule has 1 saturated carbocycles. The van der Waals surface area contributed by atoms with E-state index < -0.39 is 11.8 Å². The van der Waals surface area contributed by atoms with E-state index in [0.717, 1.165) is 18.5 Å². The summed E-state index contributed by atoms with van der Waals surface area (Å²) < 4.78 is 27.0. The minimum absolute atomic E-state index is 0.0225. The number of nitrogens with one attached hydrogen (secondary N) is 1. The molecule has 1 fully saturated rings. The molecule has 0 saturated heterocycles. The molecule has 1 unspecified atom stereocenters. The highest BCUT2D eigenvalue weighted by atomic mass is 19.3. The molecule has 3 nitrogen and oxygen atoms in total. The average Bonchev–Trinajstić information content (AvgIpc) is 3.01. The van der Waals surface area contributed by atoms with Crippen LogP contribution in [0.5, 0.6) is 0 Å². The third kappa shape index (κ3) is 3.17. The van der Waals surface area contributed by atoms with Gasteiger partial charge in [0.2, 0.25) is 0 Å². The van der Waals surface area contributed by atoms with E-state index in [1.54, 1.807) is 0 Å².